The summed E-state index contributed by atoms with van der Waals surface area (Å²) in [6, 6.07) is 9.36. The molecule has 7 heteroatoms. The van der Waals surface area contributed by atoms with E-state index >= 15 is 0 Å². The molecule has 6 nitrogen and oxygen atoms in total. The minimum Gasteiger partial charge on any atom is -0.477 e. The molecule has 1 aromatic carbocycles. The van der Waals surface area contributed by atoms with Crippen LogP contribution in [0.5, 0.6) is 5.88 Å². The van der Waals surface area contributed by atoms with Crippen LogP contribution < -0.4 is 10.1 Å². The minimum absolute atomic E-state index is 0.218. The maximum atomic E-state index is 12.6. The van der Waals surface area contributed by atoms with Gasteiger partial charge in [0.05, 0.1) is 16.8 Å². The van der Waals surface area contributed by atoms with Crippen molar-refractivity contribution >= 4 is 32.6 Å². The molecule has 0 atom stereocenters. The monoisotopic (exact) mass is 383 g/mol. The van der Waals surface area contributed by atoms with E-state index in [9.17, 15) is 4.79 Å². The zero-order chi connectivity index (χ0) is 18.6. The van der Waals surface area contributed by atoms with E-state index in [1.165, 1.54) is 11.3 Å². The standard InChI is InChI=1S/C20H21N3O3S/c1-13-3-2-4-16-18(13)22-20(27-16)23-19(24)15-5-8-21-17(11-15)26-12-14-6-9-25-10-7-14/h2-5,8,11,14H,6-7,9-10,12H2,1H3,(H,22,23,24). The Bertz CT molecular complexity index is 951. The number of hydrogen-bond donors (Lipinski definition) is 1. The zero-order valence-electron chi connectivity index (χ0n) is 15.1. The molecule has 0 saturated carbocycles. The van der Waals surface area contributed by atoms with E-state index < -0.39 is 0 Å². The third-order valence-corrected chi connectivity index (χ3v) is 5.58. The molecule has 0 aliphatic carbocycles. The smallest absolute Gasteiger partial charge is 0.257 e. The maximum Gasteiger partial charge on any atom is 0.257 e. The van der Waals surface area contributed by atoms with Crippen LogP contribution in [0, 0.1) is 12.8 Å². The van der Waals surface area contributed by atoms with Gasteiger partial charge in [0.15, 0.2) is 5.13 Å². The van der Waals surface area contributed by atoms with Crippen molar-refractivity contribution in [2.24, 2.45) is 5.92 Å². The van der Waals surface area contributed by atoms with Crippen molar-refractivity contribution in [3.63, 3.8) is 0 Å². The van der Waals surface area contributed by atoms with Crippen molar-refractivity contribution in [2.75, 3.05) is 25.1 Å². The topological polar surface area (TPSA) is 73.3 Å². The number of carbonyl (C=O) groups is 1. The molecular weight excluding hydrogens is 362 g/mol. The largest absolute Gasteiger partial charge is 0.477 e. The molecular formula is C20H21N3O3S. The normalized spacial score (nSPS) is 15.0. The van der Waals surface area contributed by atoms with E-state index in [0.29, 0.717) is 29.1 Å². The predicted octanol–water partition coefficient (Wildman–Crippen LogP) is 4.06. The molecule has 27 heavy (non-hydrogen) atoms. The highest BCUT2D eigenvalue weighted by Crippen LogP contribution is 2.28. The molecule has 0 bridgehead atoms. The van der Waals surface area contributed by atoms with Gasteiger partial charge in [-0.05, 0) is 43.4 Å². The van der Waals surface area contributed by atoms with E-state index in [1.54, 1.807) is 18.3 Å². The van der Waals surface area contributed by atoms with Crippen LogP contribution in [0.2, 0.25) is 0 Å². The highest BCUT2D eigenvalue weighted by molar-refractivity contribution is 7.22. The number of pyridine rings is 1. The van der Waals surface area contributed by atoms with E-state index in [4.69, 9.17) is 9.47 Å². The Morgan fingerprint density at radius 2 is 2.19 bits per heavy atom. The van der Waals surface area contributed by atoms with Gasteiger partial charge in [0, 0.05) is 31.0 Å². The predicted molar refractivity (Wildman–Crippen MR) is 106 cm³/mol. The highest BCUT2D eigenvalue weighted by atomic mass is 32.1. The Kier molecular flexibility index (Phi) is 5.31. The number of para-hydroxylation sites is 1. The summed E-state index contributed by atoms with van der Waals surface area (Å²) in [4.78, 5) is 21.3. The van der Waals surface area contributed by atoms with Gasteiger partial charge in [-0.25, -0.2) is 9.97 Å². The molecule has 1 aliphatic rings. The molecule has 1 amide bonds. The molecule has 0 spiro atoms. The Hall–Kier alpha value is -2.51. The molecule has 1 saturated heterocycles. The molecule has 1 aliphatic heterocycles. The maximum absolute atomic E-state index is 12.6. The van der Waals surface area contributed by atoms with Crippen molar-refractivity contribution in [3.8, 4) is 5.88 Å². The molecule has 0 unspecified atom stereocenters. The lowest BCUT2D eigenvalue weighted by atomic mass is 10.0. The first-order chi connectivity index (χ1) is 13.2. The molecule has 2 aromatic heterocycles. The Balaban J connectivity index is 1.42. The van der Waals surface area contributed by atoms with Crippen molar-refractivity contribution in [1.82, 2.24) is 9.97 Å². The quantitative estimate of drug-likeness (QED) is 0.719. The fourth-order valence-electron chi connectivity index (χ4n) is 3.05. The number of aromatic nitrogens is 2. The number of rotatable bonds is 5. The number of nitrogens with one attached hydrogen (secondary N) is 1. The van der Waals surface area contributed by atoms with Gasteiger partial charge < -0.3 is 9.47 Å². The summed E-state index contributed by atoms with van der Waals surface area (Å²) in [7, 11) is 0. The molecule has 3 aromatic rings. The molecule has 4 rings (SSSR count). The Labute approximate surface area is 161 Å². The number of benzene rings is 1. The lowest BCUT2D eigenvalue weighted by molar-refractivity contribution is 0.0490. The van der Waals surface area contributed by atoms with Crippen LogP contribution in [0.3, 0.4) is 0 Å². The molecule has 140 valence electrons. The summed E-state index contributed by atoms with van der Waals surface area (Å²) in [5.41, 5.74) is 2.52. The van der Waals surface area contributed by atoms with Crippen LogP contribution in [-0.4, -0.2) is 35.7 Å². The lowest BCUT2D eigenvalue weighted by Gasteiger charge is -2.21. The second-order valence-corrected chi connectivity index (χ2v) is 7.67. The first kappa shape index (κ1) is 17.9. The number of carbonyl (C=O) groups excluding carboxylic acids is 1. The minimum atomic E-state index is -0.218. The van der Waals surface area contributed by atoms with Crippen LogP contribution in [0.4, 0.5) is 5.13 Å². The number of thiazole rings is 1. The van der Waals surface area contributed by atoms with Crippen LogP contribution >= 0.6 is 11.3 Å². The molecule has 1 N–H and O–H groups in total. The van der Waals surface area contributed by atoms with Crippen molar-refractivity contribution in [1.29, 1.82) is 0 Å². The number of anilines is 1. The third kappa shape index (κ3) is 4.26. The van der Waals surface area contributed by atoms with E-state index in [1.807, 2.05) is 25.1 Å². The van der Waals surface area contributed by atoms with Gasteiger partial charge in [-0.15, -0.1) is 0 Å². The van der Waals surface area contributed by atoms with E-state index in [-0.39, 0.29) is 5.91 Å². The lowest BCUT2D eigenvalue weighted by Crippen LogP contribution is -2.21. The van der Waals surface area contributed by atoms with Crippen LogP contribution in [0.1, 0.15) is 28.8 Å². The van der Waals surface area contributed by atoms with Gasteiger partial charge >= 0.3 is 0 Å². The van der Waals surface area contributed by atoms with Gasteiger partial charge in [-0.2, -0.15) is 0 Å². The van der Waals surface area contributed by atoms with Gasteiger partial charge in [0.1, 0.15) is 0 Å². The van der Waals surface area contributed by atoms with Gasteiger partial charge in [-0.3, -0.25) is 10.1 Å². The number of nitrogens with zero attached hydrogens (tertiary/aromatic N) is 2. The molecule has 0 radical (unpaired) electrons. The first-order valence-corrected chi connectivity index (χ1v) is 9.85. The highest BCUT2D eigenvalue weighted by Gasteiger charge is 2.16. The van der Waals surface area contributed by atoms with E-state index in [0.717, 1.165) is 41.8 Å². The molecule has 3 heterocycles. The summed E-state index contributed by atoms with van der Waals surface area (Å²) in [6.45, 7) is 4.17. The number of amides is 1. The fourth-order valence-corrected chi connectivity index (χ4v) is 3.99. The van der Waals surface area contributed by atoms with Crippen LogP contribution in [0.15, 0.2) is 36.5 Å². The zero-order valence-corrected chi connectivity index (χ0v) is 15.9. The van der Waals surface area contributed by atoms with Crippen LogP contribution in [-0.2, 0) is 4.74 Å². The average Bonchev–Trinajstić information content (AvgIpc) is 3.11. The SMILES string of the molecule is Cc1cccc2sc(NC(=O)c3ccnc(OCC4CCOCC4)c3)nc12. The van der Waals surface area contributed by atoms with E-state index in [2.05, 4.69) is 15.3 Å². The summed E-state index contributed by atoms with van der Waals surface area (Å²) < 4.78 is 12.2. The fraction of sp³-hybridized carbons (Fsp3) is 0.350. The van der Waals surface area contributed by atoms with Crippen molar-refractivity contribution in [3.05, 3.63) is 47.7 Å². The second kappa shape index (κ2) is 8.02. The van der Waals surface area contributed by atoms with Gasteiger partial charge in [0.2, 0.25) is 5.88 Å². The van der Waals surface area contributed by atoms with Crippen molar-refractivity contribution < 1.29 is 14.3 Å². The van der Waals surface area contributed by atoms with Gasteiger partial charge in [-0.1, -0.05) is 23.5 Å². The first-order valence-electron chi connectivity index (χ1n) is 9.03. The second-order valence-electron chi connectivity index (χ2n) is 6.64. The summed E-state index contributed by atoms with van der Waals surface area (Å²) in [6.07, 6.45) is 3.59. The summed E-state index contributed by atoms with van der Waals surface area (Å²) in [5, 5.41) is 3.46. The Morgan fingerprint density at radius 1 is 1.33 bits per heavy atom. The number of ether oxygens (including phenoxy) is 2. The summed E-state index contributed by atoms with van der Waals surface area (Å²) >= 11 is 1.47. The molecule has 1 fully saturated rings. The number of fused-ring (bicyclic) bond motifs is 1. The third-order valence-electron chi connectivity index (χ3n) is 4.65. The number of hydrogen-bond acceptors (Lipinski definition) is 6. The van der Waals surface area contributed by atoms with Gasteiger partial charge in [0.25, 0.3) is 5.91 Å². The average molecular weight is 383 g/mol. The van der Waals surface area contributed by atoms with Crippen molar-refractivity contribution in [2.45, 2.75) is 19.8 Å². The number of aryl methyl sites for hydroxylation is 1. The Morgan fingerprint density at radius 3 is 3.00 bits per heavy atom. The van der Waals surface area contributed by atoms with Crippen LogP contribution in [0.25, 0.3) is 10.2 Å². The summed E-state index contributed by atoms with van der Waals surface area (Å²) in [5.74, 6) is 0.725.